The third-order valence-corrected chi connectivity index (χ3v) is 4.06. The minimum absolute atomic E-state index is 0.0435. The number of ether oxygens (including phenoxy) is 2. The van der Waals surface area contributed by atoms with Crippen LogP contribution in [-0.2, 0) is 16.0 Å². The summed E-state index contributed by atoms with van der Waals surface area (Å²) in [5.41, 5.74) is 0.463. The molecule has 3 amide bonds. The summed E-state index contributed by atoms with van der Waals surface area (Å²) in [4.78, 5) is 30.4. The van der Waals surface area contributed by atoms with Crippen molar-refractivity contribution in [3.8, 4) is 0 Å². The van der Waals surface area contributed by atoms with Crippen molar-refractivity contribution in [3.05, 3.63) is 47.9 Å². The molecule has 2 N–H and O–H groups in total. The van der Waals surface area contributed by atoms with Crippen molar-refractivity contribution < 1.29 is 27.9 Å². The standard InChI is InChI=1S/C20H27FN4O5/c1-28-10-4-8-22-19(26)17-14-30-18(24-17)13-25(9-5-11-29-2)20(27)23-16-7-3-6-15(21)12-16/h3,6-7,12,14H,4-5,8-11,13H2,1-2H3,(H,22,26)(H,23,27). The summed E-state index contributed by atoms with van der Waals surface area (Å²) in [5.74, 6) is -0.604. The van der Waals surface area contributed by atoms with Gasteiger partial charge in [-0.3, -0.25) is 4.79 Å². The van der Waals surface area contributed by atoms with Crippen molar-refractivity contribution in [2.24, 2.45) is 0 Å². The highest BCUT2D eigenvalue weighted by molar-refractivity contribution is 5.92. The molecule has 1 aromatic carbocycles. The first kappa shape index (κ1) is 23.3. The molecule has 0 saturated carbocycles. The van der Waals surface area contributed by atoms with E-state index in [2.05, 4.69) is 15.6 Å². The third kappa shape index (κ3) is 7.80. The Labute approximate surface area is 174 Å². The summed E-state index contributed by atoms with van der Waals surface area (Å²) < 4.78 is 28.7. The second-order valence-corrected chi connectivity index (χ2v) is 6.44. The van der Waals surface area contributed by atoms with E-state index in [1.54, 1.807) is 20.3 Å². The van der Waals surface area contributed by atoms with Crippen LogP contribution in [-0.4, -0.2) is 62.3 Å². The summed E-state index contributed by atoms with van der Waals surface area (Å²) >= 11 is 0. The van der Waals surface area contributed by atoms with Gasteiger partial charge in [0.25, 0.3) is 5.91 Å². The Kier molecular flexibility index (Phi) is 9.75. The summed E-state index contributed by atoms with van der Waals surface area (Å²) in [6, 6.07) is 5.17. The molecular weight excluding hydrogens is 395 g/mol. The number of hydrogen-bond donors (Lipinski definition) is 2. The van der Waals surface area contributed by atoms with E-state index in [4.69, 9.17) is 13.9 Å². The van der Waals surface area contributed by atoms with E-state index < -0.39 is 11.8 Å². The fourth-order valence-electron chi connectivity index (χ4n) is 2.58. The maximum Gasteiger partial charge on any atom is 0.322 e. The molecule has 0 aliphatic rings. The third-order valence-electron chi connectivity index (χ3n) is 4.06. The number of rotatable bonds is 12. The fourth-order valence-corrected chi connectivity index (χ4v) is 2.58. The average Bonchev–Trinajstić information content (AvgIpc) is 3.19. The lowest BCUT2D eigenvalue weighted by Crippen LogP contribution is -2.36. The van der Waals surface area contributed by atoms with Crippen molar-refractivity contribution in [2.75, 3.05) is 45.8 Å². The van der Waals surface area contributed by atoms with E-state index in [9.17, 15) is 14.0 Å². The van der Waals surface area contributed by atoms with E-state index in [1.807, 2.05) is 0 Å². The monoisotopic (exact) mass is 422 g/mol. The quantitative estimate of drug-likeness (QED) is 0.510. The number of oxazole rings is 1. The largest absolute Gasteiger partial charge is 0.446 e. The molecular formula is C20H27FN4O5. The minimum atomic E-state index is -0.451. The number of aromatic nitrogens is 1. The van der Waals surface area contributed by atoms with Crippen LogP contribution in [0.25, 0.3) is 0 Å². The number of benzene rings is 1. The molecule has 0 radical (unpaired) electrons. The first-order valence-corrected chi connectivity index (χ1v) is 9.55. The first-order chi connectivity index (χ1) is 14.5. The van der Waals surface area contributed by atoms with E-state index in [-0.39, 0.29) is 24.0 Å². The van der Waals surface area contributed by atoms with E-state index in [0.717, 1.165) is 0 Å². The molecule has 0 aliphatic heterocycles. The van der Waals surface area contributed by atoms with Gasteiger partial charge in [0.2, 0.25) is 5.89 Å². The number of methoxy groups -OCH3 is 2. The Morgan fingerprint density at radius 3 is 2.70 bits per heavy atom. The number of nitrogens with zero attached hydrogens (tertiary/aromatic N) is 2. The molecule has 10 heteroatoms. The Morgan fingerprint density at radius 2 is 1.97 bits per heavy atom. The zero-order valence-electron chi connectivity index (χ0n) is 17.2. The highest BCUT2D eigenvalue weighted by atomic mass is 19.1. The number of anilines is 1. The number of nitrogens with one attached hydrogen (secondary N) is 2. The van der Waals surface area contributed by atoms with Gasteiger partial charge in [0.15, 0.2) is 5.69 Å². The molecule has 30 heavy (non-hydrogen) atoms. The van der Waals surface area contributed by atoms with Gasteiger partial charge in [-0.2, -0.15) is 0 Å². The number of carbonyl (C=O) groups excluding carboxylic acids is 2. The second kappa shape index (κ2) is 12.6. The molecule has 0 unspecified atom stereocenters. The zero-order chi connectivity index (χ0) is 21.8. The van der Waals surface area contributed by atoms with Crippen LogP contribution in [0, 0.1) is 5.82 Å². The van der Waals surface area contributed by atoms with Crippen LogP contribution in [0.4, 0.5) is 14.9 Å². The van der Waals surface area contributed by atoms with Gasteiger partial charge in [0, 0.05) is 46.2 Å². The lowest BCUT2D eigenvalue weighted by atomic mass is 10.3. The number of hydrogen-bond acceptors (Lipinski definition) is 6. The average molecular weight is 422 g/mol. The molecule has 2 rings (SSSR count). The van der Waals surface area contributed by atoms with Gasteiger partial charge in [0.05, 0.1) is 6.54 Å². The van der Waals surface area contributed by atoms with Crippen molar-refractivity contribution >= 4 is 17.6 Å². The lowest BCUT2D eigenvalue weighted by molar-refractivity contribution is 0.0943. The van der Waals surface area contributed by atoms with Crippen LogP contribution in [0.2, 0.25) is 0 Å². The molecule has 0 bridgehead atoms. The molecule has 0 aliphatic carbocycles. The normalized spacial score (nSPS) is 10.6. The molecule has 0 saturated heterocycles. The Balaban J connectivity index is 1.99. The number of halogens is 1. The highest BCUT2D eigenvalue weighted by Gasteiger charge is 2.19. The maximum absolute atomic E-state index is 13.4. The molecule has 1 aromatic heterocycles. The van der Waals surface area contributed by atoms with Crippen molar-refractivity contribution in [1.82, 2.24) is 15.2 Å². The molecule has 0 atom stereocenters. The molecule has 2 aromatic rings. The van der Waals surface area contributed by atoms with Crippen LogP contribution < -0.4 is 10.6 Å². The van der Waals surface area contributed by atoms with Crippen LogP contribution in [0.5, 0.6) is 0 Å². The van der Waals surface area contributed by atoms with Crippen molar-refractivity contribution in [1.29, 1.82) is 0 Å². The van der Waals surface area contributed by atoms with Gasteiger partial charge < -0.3 is 29.4 Å². The smallest absolute Gasteiger partial charge is 0.322 e. The predicted molar refractivity (Wildman–Crippen MR) is 108 cm³/mol. The van der Waals surface area contributed by atoms with E-state index in [1.165, 1.54) is 29.4 Å². The number of amides is 3. The summed E-state index contributed by atoms with van der Waals surface area (Å²) in [6.45, 7) is 1.86. The molecule has 9 nitrogen and oxygen atoms in total. The second-order valence-electron chi connectivity index (χ2n) is 6.44. The van der Waals surface area contributed by atoms with E-state index >= 15 is 0 Å². The Bertz CT molecular complexity index is 814. The lowest BCUT2D eigenvalue weighted by Gasteiger charge is -2.21. The first-order valence-electron chi connectivity index (χ1n) is 9.55. The Hall–Kier alpha value is -2.98. The summed E-state index contributed by atoms with van der Waals surface area (Å²) in [6.07, 6.45) is 2.51. The van der Waals surface area contributed by atoms with Crippen molar-refractivity contribution in [3.63, 3.8) is 0 Å². The van der Waals surface area contributed by atoms with Crippen LogP contribution in [0.15, 0.2) is 34.9 Å². The van der Waals surface area contributed by atoms with Gasteiger partial charge in [0.1, 0.15) is 12.1 Å². The SMILES string of the molecule is COCCCNC(=O)c1coc(CN(CCCOC)C(=O)Nc2cccc(F)c2)n1. The van der Waals surface area contributed by atoms with E-state index in [0.29, 0.717) is 44.8 Å². The van der Waals surface area contributed by atoms with Crippen molar-refractivity contribution in [2.45, 2.75) is 19.4 Å². The summed E-state index contributed by atoms with van der Waals surface area (Å²) in [7, 11) is 3.16. The summed E-state index contributed by atoms with van der Waals surface area (Å²) in [5, 5.41) is 5.36. The molecule has 0 fully saturated rings. The van der Waals surface area contributed by atoms with Gasteiger partial charge in [-0.1, -0.05) is 6.07 Å². The van der Waals surface area contributed by atoms with Gasteiger partial charge in [-0.15, -0.1) is 0 Å². The zero-order valence-corrected chi connectivity index (χ0v) is 17.2. The highest BCUT2D eigenvalue weighted by Crippen LogP contribution is 2.12. The molecule has 0 spiro atoms. The van der Waals surface area contributed by atoms with Gasteiger partial charge in [-0.25, -0.2) is 14.2 Å². The number of carbonyl (C=O) groups is 2. The number of urea groups is 1. The van der Waals surface area contributed by atoms with Gasteiger partial charge >= 0.3 is 6.03 Å². The van der Waals surface area contributed by atoms with Gasteiger partial charge in [-0.05, 0) is 31.0 Å². The van der Waals surface area contributed by atoms with Crippen LogP contribution in [0.3, 0.4) is 0 Å². The van der Waals surface area contributed by atoms with Crippen LogP contribution >= 0.6 is 0 Å². The molecule has 1 heterocycles. The maximum atomic E-state index is 13.4. The topological polar surface area (TPSA) is 106 Å². The molecule has 164 valence electrons. The predicted octanol–water partition coefficient (Wildman–Crippen LogP) is 2.65. The Morgan fingerprint density at radius 1 is 1.20 bits per heavy atom. The fraction of sp³-hybridized carbons (Fsp3) is 0.450. The van der Waals surface area contributed by atoms with Crippen LogP contribution in [0.1, 0.15) is 29.2 Å². The minimum Gasteiger partial charge on any atom is -0.446 e.